The number of anilines is 1. The van der Waals surface area contributed by atoms with Crippen LogP contribution in [0.3, 0.4) is 0 Å². The first-order valence-corrected chi connectivity index (χ1v) is 15.0. The Morgan fingerprint density at radius 3 is 2.29 bits per heavy atom. The van der Waals surface area contributed by atoms with Crippen molar-refractivity contribution < 1.29 is 38.2 Å². The highest BCUT2D eigenvalue weighted by molar-refractivity contribution is 5.95. The van der Waals surface area contributed by atoms with Crippen molar-refractivity contribution in [2.24, 2.45) is 5.73 Å². The van der Waals surface area contributed by atoms with Crippen molar-refractivity contribution >= 4 is 23.6 Å². The molecule has 1 aliphatic rings. The van der Waals surface area contributed by atoms with Crippen LogP contribution in [0.2, 0.25) is 0 Å². The molecule has 1 saturated heterocycles. The van der Waals surface area contributed by atoms with Crippen molar-refractivity contribution in [3.8, 4) is 17.2 Å². The van der Waals surface area contributed by atoms with Crippen LogP contribution in [0.5, 0.6) is 17.2 Å². The third-order valence-corrected chi connectivity index (χ3v) is 8.20. The molecule has 1 fully saturated rings. The van der Waals surface area contributed by atoms with Crippen molar-refractivity contribution in [3.05, 3.63) is 83.4 Å². The van der Waals surface area contributed by atoms with Gasteiger partial charge in [-0.25, -0.2) is 9.59 Å². The number of carbonyl (C=O) groups is 3. The molecule has 240 valence electrons. The Hall–Kier alpha value is -4.77. The second-order valence-corrected chi connectivity index (χ2v) is 11.6. The Morgan fingerprint density at radius 2 is 1.67 bits per heavy atom. The summed E-state index contributed by atoms with van der Waals surface area (Å²) in [6.07, 6.45) is 1.70. The zero-order valence-electron chi connectivity index (χ0n) is 26.3. The lowest BCUT2D eigenvalue weighted by atomic mass is 9.96. The number of likely N-dealkylation sites (tertiary alicyclic amines) is 1. The molecule has 11 nitrogen and oxygen atoms in total. The van der Waals surface area contributed by atoms with E-state index in [1.807, 2.05) is 18.2 Å². The standard InChI is InChI=1S/C34H42N4O7/c1-5-45-33(41)25-11-13-26(14-12-25)36-34(42)37(29(32(35)40)19-23-8-15-28(39)16-9-23)27-7-6-18-38(2,22-27)21-24-10-17-30(43-3)31(20-24)44-4/h8-17,20,27,29H,5-7,18-19,21-22H2,1-4H3,(H3-,35,36,39,40,41,42)/p+1/t27?,29-,38?/m0/s1. The normalized spacial score (nSPS) is 18.4. The van der Waals surface area contributed by atoms with Gasteiger partial charge in [-0.15, -0.1) is 0 Å². The van der Waals surface area contributed by atoms with Crippen molar-refractivity contribution in [2.45, 2.75) is 44.8 Å². The lowest BCUT2D eigenvalue weighted by Gasteiger charge is -2.46. The van der Waals surface area contributed by atoms with Gasteiger partial charge in [-0.2, -0.15) is 0 Å². The molecule has 0 aromatic heterocycles. The number of nitrogens with two attached hydrogens (primary N) is 1. The number of ether oxygens (including phenoxy) is 3. The highest BCUT2D eigenvalue weighted by Gasteiger charge is 2.41. The van der Waals surface area contributed by atoms with Crippen LogP contribution in [0.25, 0.3) is 0 Å². The number of aromatic hydroxyl groups is 1. The third kappa shape index (κ3) is 8.45. The van der Waals surface area contributed by atoms with Crippen LogP contribution in [0.4, 0.5) is 10.5 Å². The van der Waals surface area contributed by atoms with Crippen LogP contribution in [-0.2, 0) is 22.5 Å². The first-order valence-electron chi connectivity index (χ1n) is 15.0. The SMILES string of the molecule is CCOC(=O)c1ccc(NC(=O)N(C2CCC[N+](C)(Cc3ccc(OC)c(OC)c3)C2)[C@@H](Cc2ccc(O)cc2)C(N)=O)cc1. The summed E-state index contributed by atoms with van der Waals surface area (Å²) < 4.78 is 16.6. The van der Waals surface area contributed by atoms with E-state index in [0.717, 1.165) is 24.1 Å². The lowest BCUT2D eigenvalue weighted by molar-refractivity contribution is -0.928. The van der Waals surface area contributed by atoms with E-state index in [2.05, 4.69) is 12.4 Å². The van der Waals surface area contributed by atoms with Gasteiger partial charge in [0.05, 0.1) is 52.6 Å². The maximum Gasteiger partial charge on any atom is 0.338 e. The molecule has 1 heterocycles. The van der Waals surface area contributed by atoms with Gasteiger partial charge in [0.1, 0.15) is 18.3 Å². The van der Waals surface area contributed by atoms with Gasteiger partial charge >= 0.3 is 12.0 Å². The molecule has 1 aliphatic heterocycles. The van der Waals surface area contributed by atoms with E-state index in [1.165, 1.54) is 0 Å². The summed E-state index contributed by atoms with van der Waals surface area (Å²) in [6, 6.07) is 17.1. The highest BCUT2D eigenvalue weighted by atomic mass is 16.5. The number of quaternary nitrogens is 1. The molecule has 0 bridgehead atoms. The number of nitrogens with one attached hydrogen (secondary N) is 1. The van der Waals surface area contributed by atoms with Gasteiger partial charge in [0.15, 0.2) is 11.5 Å². The monoisotopic (exact) mass is 619 g/mol. The number of phenols is 1. The minimum atomic E-state index is -0.953. The van der Waals surface area contributed by atoms with Crippen molar-refractivity contribution in [2.75, 3.05) is 46.3 Å². The largest absolute Gasteiger partial charge is 0.508 e. The summed E-state index contributed by atoms with van der Waals surface area (Å²) in [6.45, 7) is 4.14. The smallest absolute Gasteiger partial charge is 0.338 e. The summed E-state index contributed by atoms with van der Waals surface area (Å²) in [4.78, 5) is 40.8. The summed E-state index contributed by atoms with van der Waals surface area (Å²) >= 11 is 0. The number of carbonyl (C=O) groups excluding carboxylic acids is 3. The predicted octanol–water partition coefficient (Wildman–Crippen LogP) is 4.33. The number of benzene rings is 3. The Bertz CT molecular complexity index is 1480. The molecule has 4 N–H and O–H groups in total. The van der Waals surface area contributed by atoms with Gasteiger partial charge in [-0.3, -0.25) is 4.79 Å². The van der Waals surface area contributed by atoms with Gasteiger partial charge in [0.25, 0.3) is 0 Å². The molecule has 2 unspecified atom stereocenters. The molecule has 0 radical (unpaired) electrons. The fourth-order valence-electron chi connectivity index (χ4n) is 6.04. The number of phenolic OH excluding ortho intramolecular Hbond substituents is 1. The molecular formula is C34H43N4O7+. The fourth-order valence-corrected chi connectivity index (χ4v) is 6.04. The average Bonchev–Trinajstić information content (AvgIpc) is 3.02. The number of amides is 3. The molecule has 45 heavy (non-hydrogen) atoms. The first kappa shape index (κ1) is 33.1. The first-order chi connectivity index (χ1) is 21.6. The Labute approximate surface area is 264 Å². The third-order valence-electron chi connectivity index (χ3n) is 8.20. The molecule has 4 rings (SSSR count). The number of hydrogen-bond donors (Lipinski definition) is 3. The number of hydrogen-bond acceptors (Lipinski definition) is 7. The van der Waals surface area contributed by atoms with Gasteiger partial charge in [0.2, 0.25) is 5.91 Å². The molecular weight excluding hydrogens is 576 g/mol. The van der Waals surface area contributed by atoms with Crippen molar-refractivity contribution in [3.63, 3.8) is 0 Å². The lowest BCUT2D eigenvalue weighted by Crippen LogP contribution is -2.62. The molecule has 0 aliphatic carbocycles. The van der Waals surface area contributed by atoms with E-state index in [0.29, 0.717) is 46.7 Å². The van der Waals surface area contributed by atoms with E-state index in [9.17, 15) is 19.5 Å². The molecule has 3 atom stereocenters. The highest BCUT2D eigenvalue weighted by Crippen LogP contribution is 2.31. The van der Waals surface area contributed by atoms with E-state index >= 15 is 0 Å². The Kier molecular flexibility index (Phi) is 10.9. The van der Waals surface area contributed by atoms with Crippen LogP contribution in [0.1, 0.15) is 41.3 Å². The molecule has 3 aromatic rings. The molecule has 11 heteroatoms. The number of likely N-dealkylation sites (N-methyl/N-ethyl adjacent to an activating group) is 1. The molecule has 3 aromatic carbocycles. The van der Waals surface area contributed by atoms with Gasteiger partial charge in [-0.1, -0.05) is 12.1 Å². The molecule has 0 spiro atoms. The number of nitrogens with zero attached hydrogens (tertiary/aromatic N) is 2. The zero-order valence-corrected chi connectivity index (χ0v) is 26.3. The number of piperidine rings is 1. The molecule has 3 amide bonds. The second kappa shape index (κ2) is 14.8. The minimum absolute atomic E-state index is 0.103. The van der Waals surface area contributed by atoms with Crippen LogP contribution >= 0.6 is 0 Å². The van der Waals surface area contributed by atoms with Crippen LogP contribution in [0.15, 0.2) is 66.7 Å². The Balaban J connectivity index is 1.63. The quantitative estimate of drug-likeness (QED) is 0.203. The number of esters is 1. The number of primary amides is 1. The maximum absolute atomic E-state index is 14.1. The number of methoxy groups -OCH3 is 2. The molecule has 0 saturated carbocycles. The van der Waals surface area contributed by atoms with Crippen molar-refractivity contribution in [1.29, 1.82) is 0 Å². The minimum Gasteiger partial charge on any atom is -0.508 e. The number of urea groups is 1. The van der Waals surface area contributed by atoms with Gasteiger partial charge in [-0.05, 0) is 79.9 Å². The summed E-state index contributed by atoms with van der Waals surface area (Å²) in [7, 11) is 5.35. The Morgan fingerprint density at radius 1 is 1.00 bits per heavy atom. The van der Waals surface area contributed by atoms with Crippen LogP contribution in [0, 0.1) is 0 Å². The maximum atomic E-state index is 14.1. The van der Waals surface area contributed by atoms with E-state index in [4.69, 9.17) is 19.9 Å². The van der Waals surface area contributed by atoms with Gasteiger partial charge < -0.3 is 39.8 Å². The van der Waals surface area contributed by atoms with E-state index < -0.39 is 23.9 Å². The van der Waals surface area contributed by atoms with Crippen LogP contribution in [-0.4, -0.2) is 85.4 Å². The van der Waals surface area contributed by atoms with Crippen LogP contribution < -0.4 is 20.5 Å². The topological polar surface area (TPSA) is 140 Å². The predicted molar refractivity (Wildman–Crippen MR) is 170 cm³/mol. The fraction of sp³-hybridized carbons (Fsp3) is 0.382. The van der Waals surface area contributed by atoms with Gasteiger partial charge in [0, 0.05) is 17.7 Å². The summed E-state index contributed by atoms with van der Waals surface area (Å²) in [5.74, 6) is 0.319. The second-order valence-electron chi connectivity index (χ2n) is 11.6. The number of rotatable bonds is 12. The summed E-state index contributed by atoms with van der Waals surface area (Å²) in [5, 5.41) is 12.7. The van der Waals surface area contributed by atoms with Crippen molar-refractivity contribution in [1.82, 2.24) is 4.90 Å². The zero-order chi connectivity index (χ0) is 32.6. The van der Waals surface area contributed by atoms with E-state index in [1.54, 1.807) is 74.6 Å². The average molecular weight is 620 g/mol. The van der Waals surface area contributed by atoms with E-state index in [-0.39, 0.29) is 24.8 Å². The summed E-state index contributed by atoms with van der Waals surface area (Å²) in [5.41, 5.74) is 8.64.